The van der Waals surface area contributed by atoms with Gasteiger partial charge in [0.1, 0.15) is 4.21 Å². The van der Waals surface area contributed by atoms with E-state index in [1.54, 1.807) is 12.1 Å². The van der Waals surface area contributed by atoms with Gasteiger partial charge in [-0.15, -0.1) is 23.7 Å². The van der Waals surface area contributed by atoms with Gasteiger partial charge in [-0.25, -0.2) is 8.42 Å². The number of thiophene rings is 1. The van der Waals surface area contributed by atoms with Gasteiger partial charge in [0.25, 0.3) is 10.0 Å². The predicted octanol–water partition coefficient (Wildman–Crippen LogP) is 1.61. The zero-order valence-corrected chi connectivity index (χ0v) is 16.5. The van der Waals surface area contributed by atoms with E-state index in [1.807, 2.05) is 13.8 Å². The molecule has 0 radical (unpaired) electrons. The smallest absolute Gasteiger partial charge is 0.252 e. The molecule has 1 aliphatic rings. The highest BCUT2D eigenvalue weighted by molar-refractivity contribution is 7.91. The van der Waals surface area contributed by atoms with Crippen molar-refractivity contribution in [2.24, 2.45) is 0 Å². The van der Waals surface area contributed by atoms with Gasteiger partial charge in [-0.2, -0.15) is 4.31 Å². The van der Waals surface area contributed by atoms with Crippen molar-refractivity contribution in [3.05, 3.63) is 17.0 Å². The highest BCUT2D eigenvalue weighted by Crippen LogP contribution is 2.27. The van der Waals surface area contributed by atoms with Crippen LogP contribution in [0.25, 0.3) is 0 Å². The molecular weight excluding hydrogens is 370 g/mol. The number of sulfonamides is 1. The number of nitrogens with zero attached hydrogens (tertiary/aromatic N) is 1. The molecule has 0 aromatic carbocycles. The maximum absolute atomic E-state index is 12.4. The molecule has 0 unspecified atom stereocenters. The number of likely N-dealkylation sites (N-methyl/N-ethyl adjacent to an activating group) is 1. The average molecular weight is 396 g/mol. The van der Waals surface area contributed by atoms with Crippen molar-refractivity contribution in [1.29, 1.82) is 0 Å². The molecule has 2 heterocycles. The van der Waals surface area contributed by atoms with E-state index in [2.05, 4.69) is 10.6 Å². The number of carbonyl (C=O) groups is 1. The fourth-order valence-electron chi connectivity index (χ4n) is 2.56. The van der Waals surface area contributed by atoms with Crippen LogP contribution in [0.1, 0.15) is 31.6 Å². The Hall–Kier alpha value is -0.670. The average Bonchev–Trinajstić information content (AvgIpc) is 3.17. The van der Waals surface area contributed by atoms with Crippen molar-refractivity contribution in [2.75, 3.05) is 26.2 Å². The topological polar surface area (TPSA) is 78.5 Å². The van der Waals surface area contributed by atoms with E-state index in [-0.39, 0.29) is 30.8 Å². The van der Waals surface area contributed by atoms with Crippen LogP contribution in [0.2, 0.25) is 0 Å². The van der Waals surface area contributed by atoms with Gasteiger partial charge >= 0.3 is 0 Å². The van der Waals surface area contributed by atoms with Crippen molar-refractivity contribution in [3.63, 3.8) is 0 Å². The van der Waals surface area contributed by atoms with Crippen molar-refractivity contribution < 1.29 is 13.2 Å². The normalized spacial score (nSPS) is 16.6. The molecule has 2 rings (SSSR count). The fourth-order valence-corrected chi connectivity index (χ4v) is 5.58. The van der Waals surface area contributed by atoms with Gasteiger partial charge in [-0.1, -0.05) is 6.92 Å². The number of hydrogen-bond acceptors (Lipinski definition) is 5. The van der Waals surface area contributed by atoms with Crippen LogP contribution in [-0.2, 0) is 21.2 Å². The van der Waals surface area contributed by atoms with Crippen LogP contribution in [-0.4, -0.2) is 50.9 Å². The Morgan fingerprint density at radius 1 is 1.33 bits per heavy atom. The quantitative estimate of drug-likeness (QED) is 0.701. The molecular formula is C15H26ClN3O3S2. The SMILES string of the molecule is CCN[C@H](C)CNC(=O)Cc1ccc(S(=O)(=O)N2CCCC2)s1.Cl. The lowest BCUT2D eigenvalue weighted by Gasteiger charge is -2.13. The van der Waals surface area contributed by atoms with Crippen LogP contribution >= 0.6 is 23.7 Å². The van der Waals surface area contributed by atoms with Crippen molar-refractivity contribution >= 4 is 39.7 Å². The standard InChI is InChI=1S/C15H25N3O3S2.ClH/c1-3-16-12(2)11-17-14(19)10-13-6-7-15(22-13)23(20,21)18-8-4-5-9-18;/h6-7,12,16H,3-5,8-11H2,1-2H3,(H,17,19);1H/t12-;/m1./s1. The summed E-state index contributed by atoms with van der Waals surface area (Å²) >= 11 is 1.19. The number of rotatable bonds is 8. The Morgan fingerprint density at radius 3 is 2.62 bits per heavy atom. The summed E-state index contributed by atoms with van der Waals surface area (Å²) in [5, 5.41) is 6.09. The molecule has 0 bridgehead atoms. The van der Waals surface area contributed by atoms with Crippen LogP contribution in [0.4, 0.5) is 0 Å². The molecule has 0 spiro atoms. The molecule has 1 amide bonds. The summed E-state index contributed by atoms with van der Waals surface area (Å²) in [4.78, 5) is 12.7. The summed E-state index contributed by atoms with van der Waals surface area (Å²) in [5.74, 6) is -0.0817. The number of hydrogen-bond donors (Lipinski definition) is 2. The third-order valence-electron chi connectivity index (χ3n) is 3.79. The van der Waals surface area contributed by atoms with Gasteiger partial charge in [-0.05, 0) is 38.4 Å². The van der Waals surface area contributed by atoms with E-state index in [1.165, 1.54) is 15.6 Å². The Bertz CT molecular complexity index is 628. The van der Waals surface area contributed by atoms with Crippen molar-refractivity contribution in [2.45, 2.75) is 43.4 Å². The number of amides is 1. The van der Waals surface area contributed by atoms with Crippen LogP contribution in [0.3, 0.4) is 0 Å². The lowest BCUT2D eigenvalue weighted by molar-refractivity contribution is -0.120. The zero-order chi connectivity index (χ0) is 16.9. The van der Waals surface area contributed by atoms with Crippen molar-refractivity contribution in [1.82, 2.24) is 14.9 Å². The van der Waals surface area contributed by atoms with E-state index >= 15 is 0 Å². The molecule has 2 N–H and O–H groups in total. The molecule has 24 heavy (non-hydrogen) atoms. The molecule has 0 saturated carbocycles. The minimum Gasteiger partial charge on any atom is -0.354 e. The summed E-state index contributed by atoms with van der Waals surface area (Å²) < 4.78 is 26.8. The summed E-state index contributed by atoms with van der Waals surface area (Å²) in [7, 11) is -3.38. The van der Waals surface area contributed by atoms with E-state index in [0.717, 1.165) is 24.3 Å². The summed E-state index contributed by atoms with van der Waals surface area (Å²) in [5.41, 5.74) is 0. The molecule has 1 aliphatic heterocycles. The second-order valence-electron chi connectivity index (χ2n) is 5.77. The Balaban J connectivity index is 0.00000288. The molecule has 138 valence electrons. The van der Waals surface area contributed by atoms with E-state index < -0.39 is 10.0 Å². The van der Waals surface area contributed by atoms with Gasteiger partial charge in [0.05, 0.1) is 6.42 Å². The number of carbonyl (C=O) groups excluding carboxylic acids is 1. The Morgan fingerprint density at radius 2 is 2.00 bits per heavy atom. The number of halogens is 1. The van der Waals surface area contributed by atoms with E-state index in [4.69, 9.17) is 0 Å². The summed E-state index contributed by atoms with van der Waals surface area (Å²) in [6.07, 6.45) is 2.06. The summed E-state index contributed by atoms with van der Waals surface area (Å²) in [6.45, 7) is 6.65. The maximum atomic E-state index is 12.4. The van der Waals surface area contributed by atoms with Crippen LogP contribution in [0.5, 0.6) is 0 Å². The number of nitrogens with one attached hydrogen (secondary N) is 2. The molecule has 1 atom stereocenters. The lowest BCUT2D eigenvalue weighted by Crippen LogP contribution is -2.39. The molecule has 1 fully saturated rings. The lowest BCUT2D eigenvalue weighted by atomic mass is 10.3. The van der Waals surface area contributed by atoms with Gasteiger partial charge in [0, 0.05) is 30.6 Å². The Labute approximate surface area is 154 Å². The molecule has 6 nitrogen and oxygen atoms in total. The van der Waals surface area contributed by atoms with E-state index in [9.17, 15) is 13.2 Å². The van der Waals surface area contributed by atoms with Gasteiger partial charge in [0.2, 0.25) is 5.91 Å². The first kappa shape index (κ1) is 21.4. The van der Waals surface area contributed by atoms with Crippen LogP contribution in [0, 0.1) is 0 Å². The largest absolute Gasteiger partial charge is 0.354 e. The second kappa shape index (κ2) is 9.72. The minimum atomic E-state index is -3.38. The molecule has 0 aliphatic carbocycles. The van der Waals surface area contributed by atoms with Gasteiger partial charge in [-0.3, -0.25) is 4.79 Å². The highest BCUT2D eigenvalue weighted by Gasteiger charge is 2.28. The third-order valence-corrected chi connectivity index (χ3v) is 7.24. The Kier molecular flexibility index (Phi) is 8.66. The second-order valence-corrected chi connectivity index (χ2v) is 9.10. The first-order valence-corrected chi connectivity index (χ1v) is 10.3. The first-order valence-electron chi connectivity index (χ1n) is 8.02. The molecule has 9 heteroatoms. The minimum absolute atomic E-state index is 0. The molecule has 1 saturated heterocycles. The molecule has 1 aromatic heterocycles. The first-order chi connectivity index (χ1) is 10.9. The van der Waals surface area contributed by atoms with Crippen molar-refractivity contribution in [3.8, 4) is 0 Å². The van der Waals surface area contributed by atoms with Gasteiger partial charge < -0.3 is 10.6 Å². The zero-order valence-electron chi connectivity index (χ0n) is 14.1. The maximum Gasteiger partial charge on any atom is 0.252 e. The van der Waals surface area contributed by atoms with Crippen LogP contribution in [0.15, 0.2) is 16.3 Å². The highest BCUT2D eigenvalue weighted by atomic mass is 35.5. The fraction of sp³-hybridized carbons (Fsp3) is 0.667. The van der Waals surface area contributed by atoms with E-state index in [0.29, 0.717) is 23.8 Å². The molecule has 1 aromatic rings. The predicted molar refractivity (Wildman–Crippen MR) is 99.4 cm³/mol. The third kappa shape index (κ3) is 5.70. The summed E-state index contributed by atoms with van der Waals surface area (Å²) in [6, 6.07) is 3.57. The monoisotopic (exact) mass is 395 g/mol. The van der Waals surface area contributed by atoms with Crippen LogP contribution < -0.4 is 10.6 Å². The van der Waals surface area contributed by atoms with Gasteiger partial charge in [0.15, 0.2) is 0 Å².